The highest BCUT2D eigenvalue weighted by Crippen LogP contribution is 2.37. The van der Waals surface area contributed by atoms with Crippen molar-refractivity contribution in [3.63, 3.8) is 0 Å². The van der Waals surface area contributed by atoms with Gasteiger partial charge in [0.15, 0.2) is 0 Å². The molecule has 0 radical (unpaired) electrons. The second kappa shape index (κ2) is 3.35. The topological polar surface area (TPSA) is 29.3 Å². The summed E-state index contributed by atoms with van der Waals surface area (Å²) in [4.78, 5) is 2.43. The van der Waals surface area contributed by atoms with Gasteiger partial charge >= 0.3 is 0 Å². The normalized spacial score (nSPS) is 38.5. The van der Waals surface area contributed by atoms with Crippen molar-refractivity contribution in [3.8, 4) is 0 Å². The van der Waals surface area contributed by atoms with Crippen molar-refractivity contribution < 1.29 is 0 Å². The van der Waals surface area contributed by atoms with E-state index in [9.17, 15) is 0 Å². The van der Waals surface area contributed by atoms with Crippen molar-refractivity contribution >= 4 is 0 Å². The summed E-state index contributed by atoms with van der Waals surface area (Å²) in [6.07, 6.45) is 5.53. The second-order valence-electron chi connectivity index (χ2n) is 4.65. The third-order valence-corrected chi connectivity index (χ3v) is 3.33. The fourth-order valence-corrected chi connectivity index (χ4v) is 2.26. The summed E-state index contributed by atoms with van der Waals surface area (Å²) in [6, 6.07) is 0.488. The van der Waals surface area contributed by atoms with E-state index in [4.69, 9.17) is 5.73 Å². The van der Waals surface area contributed by atoms with Gasteiger partial charge in [0.05, 0.1) is 0 Å². The van der Waals surface area contributed by atoms with E-state index in [2.05, 4.69) is 11.9 Å². The van der Waals surface area contributed by atoms with Crippen LogP contribution in [0, 0.1) is 11.8 Å². The van der Waals surface area contributed by atoms with Crippen LogP contribution in [0.3, 0.4) is 0 Å². The molecule has 0 amide bonds. The monoisotopic (exact) mass is 168 g/mol. The Morgan fingerprint density at radius 1 is 1.33 bits per heavy atom. The Morgan fingerprint density at radius 2 is 2.08 bits per heavy atom. The molecule has 2 unspecified atom stereocenters. The van der Waals surface area contributed by atoms with Crippen LogP contribution >= 0.6 is 0 Å². The predicted molar refractivity (Wildman–Crippen MR) is 50.9 cm³/mol. The number of nitrogens with two attached hydrogens (primary N) is 1. The van der Waals surface area contributed by atoms with Crippen LogP contribution in [-0.4, -0.2) is 31.1 Å². The lowest BCUT2D eigenvalue weighted by Crippen LogP contribution is -2.45. The maximum absolute atomic E-state index is 6.09. The molecule has 1 aliphatic heterocycles. The summed E-state index contributed by atoms with van der Waals surface area (Å²) in [6.45, 7) is 2.43. The van der Waals surface area contributed by atoms with Crippen LogP contribution in [0.2, 0.25) is 0 Å². The first kappa shape index (κ1) is 8.52. The number of likely N-dealkylation sites (tertiary alicyclic amines) is 1. The van der Waals surface area contributed by atoms with Crippen LogP contribution in [0.25, 0.3) is 0 Å². The first-order chi connectivity index (χ1) is 5.75. The number of piperidine rings is 1. The Morgan fingerprint density at radius 3 is 2.75 bits per heavy atom. The van der Waals surface area contributed by atoms with Crippen molar-refractivity contribution in [2.75, 3.05) is 20.1 Å². The zero-order chi connectivity index (χ0) is 8.55. The highest BCUT2D eigenvalue weighted by Gasteiger charge is 2.31. The Bertz CT molecular complexity index is 152. The molecule has 2 atom stereocenters. The summed E-state index contributed by atoms with van der Waals surface area (Å²) < 4.78 is 0. The van der Waals surface area contributed by atoms with Gasteiger partial charge in [0.2, 0.25) is 0 Å². The Hall–Kier alpha value is -0.0800. The van der Waals surface area contributed by atoms with Gasteiger partial charge in [-0.2, -0.15) is 0 Å². The first-order valence-electron chi connectivity index (χ1n) is 5.20. The molecule has 0 aromatic heterocycles. The van der Waals surface area contributed by atoms with E-state index in [0.29, 0.717) is 6.04 Å². The maximum Gasteiger partial charge on any atom is 0.00916 e. The summed E-state index contributed by atoms with van der Waals surface area (Å²) in [5.41, 5.74) is 6.09. The largest absolute Gasteiger partial charge is 0.327 e. The van der Waals surface area contributed by atoms with Gasteiger partial charge in [-0.25, -0.2) is 0 Å². The SMILES string of the molecule is CN1CCC(N)C(CC2CC2)C1. The van der Waals surface area contributed by atoms with Crippen LogP contribution < -0.4 is 5.73 Å². The molecule has 12 heavy (non-hydrogen) atoms. The minimum Gasteiger partial charge on any atom is -0.327 e. The Balaban J connectivity index is 1.82. The molecule has 70 valence electrons. The van der Waals surface area contributed by atoms with Gasteiger partial charge < -0.3 is 10.6 Å². The van der Waals surface area contributed by atoms with E-state index >= 15 is 0 Å². The smallest absolute Gasteiger partial charge is 0.00916 e. The van der Waals surface area contributed by atoms with Crippen molar-refractivity contribution in [1.29, 1.82) is 0 Å². The first-order valence-corrected chi connectivity index (χ1v) is 5.20. The van der Waals surface area contributed by atoms with E-state index in [-0.39, 0.29) is 0 Å². The minimum atomic E-state index is 0.488. The Labute approximate surface area is 75.1 Å². The zero-order valence-corrected chi connectivity index (χ0v) is 8.00. The Kier molecular flexibility index (Phi) is 2.37. The average Bonchev–Trinajstić information content (AvgIpc) is 2.81. The molecule has 2 nitrogen and oxygen atoms in total. The summed E-state index contributed by atoms with van der Waals surface area (Å²) >= 11 is 0. The molecule has 0 bridgehead atoms. The molecule has 2 aliphatic rings. The van der Waals surface area contributed by atoms with Crippen LogP contribution in [0.15, 0.2) is 0 Å². The van der Waals surface area contributed by atoms with Crippen molar-refractivity contribution in [2.24, 2.45) is 17.6 Å². The number of nitrogens with zero attached hydrogens (tertiary/aromatic N) is 1. The molecule has 0 spiro atoms. The molecule has 2 N–H and O–H groups in total. The fraction of sp³-hybridized carbons (Fsp3) is 1.00. The predicted octanol–water partition coefficient (Wildman–Crippen LogP) is 1.07. The molecule has 2 fully saturated rings. The van der Waals surface area contributed by atoms with E-state index < -0.39 is 0 Å². The van der Waals surface area contributed by atoms with Gasteiger partial charge in [0, 0.05) is 12.6 Å². The van der Waals surface area contributed by atoms with Crippen molar-refractivity contribution in [2.45, 2.75) is 31.7 Å². The lowest BCUT2D eigenvalue weighted by Gasteiger charge is -2.34. The zero-order valence-electron chi connectivity index (χ0n) is 8.00. The molecular weight excluding hydrogens is 148 g/mol. The number of hydrogen-bond donors (Lipinski definition) is 1. The summed E-state index contributed by atoms with van der Waals surface area (Å²) in [7, 11) is 2.21. The highest BCUT2D eigenvalue weighted by molar-refractivity contribution is 4.86. The van der Waals surface area contributed by atoms with E-state index in [1.54, 1.807) is 0 Å². The van der Waals surface area contributed by atoms with E-state index in [0.717, 1.165) is 11.8 Å². The summed E-state index contributed by atoms with van der Waals surface area (Å²) in [5, 5.41) is 0. The minimum absolute atomic E-state index is 0.488. The second-order valence-corrected chi connectivity index (χ2v) is 4.65. The average molecular weight is 168 g/mol. The van der Waals surface area contributed by atoms with Crippen molar-refractivity contribution in [1.82, 2.24) is 4.90 Å². The van der Waals surface area contributed by atoms with Gasteiger partial charge in [0.1, 0.15) is 0 Å². The van der Waals surface area contributed by atoms with Crippen LogP contribution in [0.1, 0.15) is 25.7 Å². The standard InChI is InChI=1S/C10H20N2/c1-12-5-4-10(11)9(7-12)6-8-2-3-8/h8-10H,2-7,11H2,1H3. The highest BCUT2D eigenvalue weighted by atomic mass is 15.1. The van der Waals surface area contributed by atoms with Gasteiger partial charge in [0.25, 0.3) is 0 Å². The molecule has 1 aliphatic carbocycles. The molecular formula is C10H20N2. The number of hydrogen-bond acceptors (Lipinski definition) is 2. The molecule has 0 aromatic carbocycles. The maximum atomic E-state index is 6.09. The molecule has 0 aromatic rings. The molecule has 1 saturated carbocycles. The van der Waals surface area contributed by atoms with E-state index in [1.807, 2.05) is 0 Å². The van der Waals surface area contributed by atoms with E-state index in [1.165, 1.54) is 38.8 Å². The van der Waals surface area contributed by atoms with Gasteiger partial charge in [-0.1, -0.05) is 12.8 Å². The molecule has 2 rings (SSSR count). The van der Waals surface area contributed by atoms with Crippen LogP contribution in [0.5, 0.6) is 0 Å². The molecule has 2 heteroatoms. The lowest BCUT2D eigenvalue weighted by molar-refractivity contribution is 0.173. The lowest BCUT2D eigenvalue weighted by atomic mass is 9.88. The van der Waals surface area contributed by atoms with Crippen LogP contribution in [0.4, 0.5) is 0 Å². The van der Waals surface area contributed by atoms with Crippen LogP contribution in [-0.2, 0) is 0 Å². The van der Waals surface area contributed by atoms with Gasteiger partial charge in [-0.15, -0.1) is 0 Å². The third kappa shape index (κ3) is 1.99. The third-order valence-electron chi connectivity index (χ3n) is 3.33. The molecule has 1 heterocycles. The molecule has 1 saturated heterocycles. The fourth-order valence-electron chi connectivity index (χ4n) is 2.26. The van der Waals surface area contributed by atoms with Crippen molar-refractivity contribution in [3.05, 3.63) is 0 Å². The van der Waals surface area contributed by atoms with Gasteiger partial charge in [-0.05, 0) is 38.3 Å². The van der Waals surface area contributed by atoms with Gasteiger partial charge in [-0.3, -0.25) is 0 Å². The quantitative estimate of drug-likeness (QED) is 0.668. The summed E-state index contributed by atoms with van der Waals surface area (Å²) in [5.74, 6) is 1.82. The number of rotatable bonds is 2.